The third kappa shape index (κ3) is 7.66. The van der Waals surface area contributed by atoms with Crippen molar-refractivity contribution in [3.05, 3.63) is 69.6 Å². The quantitative estimate of drug-likeness (QED) is 0.240. The molecular formula is C22H33IN4O. The number of rotatable bonds is 9. The van der Waals surface area contributed by atoms with E-state index in [0.29, 0.717) is 6.54 Å². The Labute approximate surface area is 185 Å². The maximum Gasteiger partial charge on any atom is 0.250 e. The average molecular weight is 496 g/mol. The first-order valence-electron chi connectivity index (χ1n) is 9.91. The summed E-state index contributed by atoms with van der Waals surface area (Å²) in [5.74, 6) is 0.844. The number of nitrogens with zero attached hydrogens (tertiary/aromatic N) is 2. The molecule has 0 unspecified atom stereocenters. The van der Waals surface area contributed by atoms with E-state index in [4.69, 9.17) is 4.99 Å². The van der Waals surface area contributed by atoms with Crippen LogP contribution in [-0.2, 0) is 19.5 Å². The van der Waals surface area contributed by atoms with Gasteiger partial charge in [0.05, 0.1) is 6.54 Å². The number of aromatic nitrogens is 1. The first-order valence-corrected chi connectivity index (χ1v) is 9.91. The van der Waals surface area contributed by atoms with Gasteiger partial charge in [-0.05, 0) is 50.3 Å². The molecule has 0 aliphatic heterocycles. The van der Waals surface area contributed by atoms with Crippen molar-refractivity contribution < 1.29 is 0 Å². The van der Waals surface area contributed by atoms with Crippen molar-refractivity contribution in [1.29, 1.82) is 0 Å². The Bertz CT molecular complexity index is 801. The molecule has 2 N–H and O–H groups in total. The van der Waals surface area contributed by atoms with Gasteiger partial charge in [-0.25, -0.2) is 4.99 Å². The average Bonchev–Trinajstić information content (AvgIpc) is 2.68. The molecule has 0 atom stereocenters. The smallest absolute Gasteiger partial charge is 0.250 e. The zero-order valence-electron chi connectivity index (χ0n) is 17.2. The van der Waals surface area contributed by atoms with E-state index in [2.05, 4.69) is 48.7 Å². The maximum absolute atomic E-state index is 11.9. The van der Waals surface area contributed by atoms with Crippen molar-refractivity contribution in [2.75, 3.05) is 13.1 Å². The first kappa shape index (κ1) is 24.2. The van der Waals surface area contributed by atoms with Gasteiger partial charge in [-0.2, -0.15) is 0 Å². The SMILES string of the molecule is CCNC(=NCc1ccccc1CC)NCCCCn1c(C)cccc1=O.I. The number of hydrogen-bond donors (Lipinski definition) is 2. The molecule has 5 nitrogen and oxygen atoms in total. The summed E-state index contributed by atoms with van der Waals surface area (Å²) in [4.78, 5) is 16.6. The molecule has 2 aromatic rings. The second kappa shape index (κ2) is 13.4. The van der Waals surface area contributed by atoms with Crippen LogP contribution < -0.4 is 16.2 Å². The first-order chi connectivity index (χ1) is 13.2. The highest BCUT2D eigenvalue weighted by Crippen LogP contribution is 2.10. The molecule has 0 saturated carbocycles. The lowest BCUT2D eigenvalue weighted by atomic mass is 10.1. The van der Waals surface area contributed by atoms with E-state index in [-0.39, 0.29) is 29.5 Å². The highest BCUT2D eigenvalue weighted by atomic mass is 127. The molecule has 1 heterocycles. The van der Waals surface area contributed by atoms with Gasteiger partial charge in [0.1, 0.15) is 0 Å². The highest BCUT2D eigenvalue weighted by molar-refractivity contribution is 14.0. The van der Waals surface area contributed by atoms with Crippen LogP contribution in [0.1, 0.15) is 43.5 Å². The minimum atomic E-state index is 0. The Morgan fingerprint density at radius 3 is 2.43 bits per heavy atom. The van der Waals surface area contributed by atoms with E-state index < -0.39 is 0 Å². The van der Waals surface area contributed by atoms with E-state index in [1.807, 2.05) is 23.6 Å². The Morgan fingerprint density at radius 2 is 1.75 bits per heavy atom. The molecule has 0 bridgehead atoms. The van der Waals surface area contributed by atoms with Gasteiger partial charge in [0.2, 0.25) is 0 Å². The van der Waals surface area contributed by atoms with Gasteiger partial charge in [0.15, 0.2) is 5.96 Å². The molecule has 0 amide bonds. The van der Waals surface area contributed by atoms with Crippen molar-refractivity contribution >= 4 is 29.9 Å². The molecular weight excluding hydrogens is 463 g/mol. The highest BCUT2D eigenvalue weighted by Gasteiger charge is 2.02. The van der Waals surface area contributed by atoms with Crippen LogP contribution in [0.5, 0.6) is 0 Å². The molecule has 1 aromatic carbocycles. The number of aryl methyl sites for hydroxylation is 2. The van der Waals surface area contributed by atoms with Gasteiger partial charge < -0.3 is 15.2 Å². The van der Waals surface area contributed by atoms with Crippen LogP contribution in [0.25, 0.3) is 0 Å². The Kier molecular flexibility index (Phi) is 11.6. The summed E-state index contributed by atoms with van der Waals surface area (Å²) in [5.41, 5.74) is 3.71. The van der Waals surface area contributed by atoms with Gasteiger partial charge in [-0.15, -0.1) is 24.0 Å². The zero-order valence-corrected chi connectivity index (χ0v) is 19.5. The fourth-order valence-corrected chi connectivity index (χ4v) is 3.07. The summed E-state index contributed by atoms with van der Waals surface area (Å²) >= 11 is 0. The van der Waals surface area contributed by atoms with Crippen molar-refractivity contribution in [2.24, 2.45) is 4.99 Å². The number of hydrogen-bond acceptors (Lipinski definition) is 2. The second-order valence-corrected chi connectivity index (χ2v) is 6.61. The monoisotopic (exact) mass is 496 g/mol. The van der Waals surface area contributed by atoms with Crippen LogP contribution >= 0.6 is 24.0 Å². The topological polar surface area (TPSA) is 58.4 Å². The lowest BCUT2D eigenvalue weighted by Gasteiger charge is -2.13. The van der Waals surface area contributed by atoms with Crippen LogP contribution in [0.15, 0.2) is 52.3 Å². The molecule has 154 valence electrons. The van der Waals surface area contributed by atoms with Gasteiger partial charge in [0, 0.05) is 31.4 Å². The lowest BCUT2D eigenvalue weighted by Crippen LogP contribution is -2.37. The molecule has 0 radical (unpaired) electrons. The molecule has 2 rings (SSSR count). The second-order valence-electron chi connectivity index (χ2n) is 6.61. The predicted molar refractivity (Wildman–Crippen MR) is 129 cm³/mol. The number of aliphatic imine (C=N–C) groups is 1. The third-order valence-corrected chi connectivity index (χ3v) is 4.62. The van der Waals surface area contributed by atoms with Crippen molar-refractivity contribution in [2.45, 2.75) is 53.1 Å². The minimum Gasteiger partial charge on any atom is -0.357 e. The number of unbranched alkanes of at least 4 members (excludes halogenated alkanes) is 1. The fourth-order valence-electron chi connectivity index (χ4n) is 3.07. The van der Waals surface area contributed by atoms with E-state index >= 15 is 0 Å². The van der Waals surface area contributed by atoms with E-state index in [0.717, 1.165) is 50.6 Å². The van der Waals surface area contributed by atoms with Crippen LogP contribution in [0.2, 0.25) is 0 Å². The molecule has 0 saturated heterocycles. The van der Waals surface area contributed by atoms with E-state index in [1.54, 1.807) is 6.07 Å². The minimum absolute atomic E-state index is 0. The van der Waals surface area contributed by atoms with E-state index in [9.17, 15) is 4.79 Å². The Hall–Kier alpha value is -1.83. The van der Waals surface area contributed by atoms with Gasteiger partial charge in [-0.1, -0.05) is 37.3 Å². The van der Waals surface area contributed by atoms with Crippen LogP contribution in [0, 0.1) is 6.92 Å². The number of benzene rings is 1. The summed E-state index contributed by atoms with van der Waals surface area (Å²) in [7, 11) is 0. The van der Waals surface area contributed by atoms with Gasteiger partial charge in [-0.3, -0.25) is 4.79 Å². The van der Waals surface area contributed by atoms with Crippen LogP contribution in [-0.4, -0.2) is 23.6 Å². The molecule has 1 aromatic heterocycles. The summed E-state index contributed by atoms with van der Waals surface area (Å²) in [6.45, 7) is 9.32. The molecule has 0 fully saturated rings. The number of pyridine rings is 1. The largest absolute Gasteiger partial charge is 0.357 e. The Morgan fingerprint density at radius 1 is 1.00 bits per heavy atom. The van der Waals surface area contributed by atoms with Crippen molar-refractivity contribution in [1.82, 2.24) is 15.2 Å². The summed E-state index contributed by atoms with van der Waals surface area (Å²) in [5, 5.41) is 6.70. The maximum atomic E-state index is 11.9. The number of guanidine groups is 1. The van der Waals surface area contributed by atoms with Crippen LogP contribution in [0.4, 0.5) is 0 Å². The molecule has 6 heteroatoms. The number of halogens is 1. The molecule has 0 aliphatic carbocycles. The van der Waals surface area contributed by atoms with E-state index in [1.165, 1.54) is 11.1 Å². The molecule has 0 spiro atoms. The van der Waals surface area contributed by atoms with Crippen LogP contribution in [0.3, 0.4) is 0 Å². The van der Waals surface area contributed by atoms with Crippen molar-refractivity contribution in [3.8, 4) is 0 Å². The lowest BCUT2D eigenvalue weighted by molar-refractivity contribution is 0.575. The zero-order chi connectivity index (χ0) is 19.5. The molecule has 0 aliphatic rings. The fraction of sp³-hybridized carbons (Fsp3) is 0.455. The standard InChI is InChI=1S/C22H32N4O.HI/c1-4-19-12-6-7-13-20(19)17-25-22(23-5-2)24-15-8-9-16-26-18(3)11-10-14-21(26)27;/h6-7,10-14H,4-5,8-9,15-17H2,1-3H3,(H2,23,24,25);1H. The van der Waals surface area contributed by atoms with Gasteiger partial charge in [0.25, 0.3) is 5.56 Å². The summed E-state index contributed by atoms with van der Waals surface area (Å²) in [6.07, 6.45) is 2.96. The summed E-state index contributed by atoms with van der Waals surface area (Å²) in [6, 6.07) is 13.9. The predicted octanol–water partition coefficient (Wildman–Crippen LogP) is 3.87. The molecule has 28 heavy (non-hydrogen) atoms. The number of nitrogens with one attached hydrogen (secondary N) is 2. The van der Waals surface area contributed by atoms with Crippen molar-refractivity contribution in [3.63, 3.8) is 0 Å². The Balaban J connectivity index is 0.00000392. The third-order valence-electron chi connectivity index (χ3n) is 4.62. The normalized spacial score (nSPS) is 11.0. The van der Waals surface area contributed by atoms with Gasteiger partial charge >= 0.3 is 0 Å². The summed E-state index contributed by atoms with van der Waals surface area (Å²) < 4.78 is 1.83.